The van der Waals surface area contributed by atoms with Crippen molar-refractivity contribution < 1.29 is 43.2 Å². The van der Waals surface area contributed by atoms with Crippen LogP contribution >= 0.6 is 0 Å². The SMILES string of the molecule is CC(C)/C(O)=C/C(=O)C(C)(C)C(F)(F)F.Cc1cc(C)c2c(C)cc(-c3[c-]c4ccccc4c(C(C)(C)C)c3)nc2c1.[Ir]. The van der Waals surface area contributed by atoms with Gasteiger partial charge in [0, 0.05) is 43.2 Å². The predicted octanol–water partition coefficient (Wildman–Crippen LogP) is 10.3. The van der Waals surface area contributed by atoms with Crippen molar-refractivity contribution in [3.63, 3.8) is 0 Å². The Labute approximate surface area is 267 Å². The molecule has 7 heteroatoms. The monoisotopic (exact) mass is 769 g/mol. The largest absolute Gasteiger partial charge is 0.512 e. The number of hydrogen-bond donors (Lipinski definition) is 1. The molecule has 0 aliphatic carbocycles. The summed E-state index contributed by atoms with van der Waals surface area (Å²) in [6, 6.07) is 21.1. The zero-order chi connectivity index (χ0) is 31.8. The molecule has 1 aromatic heterocycles. The Kier molecular flexibility index (Phi) is 11.2. The second-order valence-electron chi connectivity index (χ2n) is 12.9. The minimum absolute atomic E-state index is 0. The Balaban J connectivity index is 0.000000348. The van der Waals surface area contributed by atoms with Crippen LogP contribution in [0.25, 0.3) is 32.9 Å². The van der Waals surface area contributed by atoms with Crippen molar-refractivity contribution in [2.24, 2.45) is 11.3 Å². The van der Waals surface area contributed by atoms with E-state index in [2.05, 4.69) is 96.1 Å². The summed E-state index contributed by atoms with van der Waals surface area (Å²) in [6.45, 7) is 18.0. The van der Waals surface area contributed by atoms with Gasteiger partial charge in [0.05, 0.1) is 11.3 Å². The van der Waals surface area contributed by atoms with Crippen molar-refractivity contribution in [2.75, 3.05) is 0 Å². The third kappa shape index (κ3) is 8.13. The van der Waals surface area contributed by atoms with Crippen molar-refractivity contribution in [1.29, 1.82) is 0 Å². The van der Waals surface area contributed by atoms with E-state index in [0.29, 0.717) is 6.08 Å². The van der Waals surface area contributed by atoms with Gasteiger partial charge in [0.15, 0.2) is 5.78 Å². The molecular formula is C36H41F3IrNO2-. The normalized spacial score (nSPS) is 12.7. The van der Waals surface area contributed by atoms with E-state index in [1.54, 1.807) is 13.8 Å². The molecule has 1 N–H and O–H groups in total. The quantitative estimate of drug-likeness (QED) is 0.128. The molecule has 3 aromatic carbocycles. The van der Waals surface area contributed by atoms with Crippen LogP contribution in [0.3, 0.4) is 0 Å². The molecule has 0 unspecified atom stereocenters. The third-order valence-corrected chi connectivity index (χ3v) is 7.50. The number of carbonyl (C=O) groups excluding carboxylic acids is 1. The number of aromatic nitrogens is 1. The molecule has 0 spiro atoms. The zero-order valence-corrected chi connectivity index (χ0v) is 28.9. The fourth-order valence-electron chi connectivity index (χ4n) is 4.73. The number of hydrogen-bond acceptors (Lipinski definition) is 3. The van der Waals surface area contributed by atoms with Crippen LogP contribution in [-0.2, 0) is 30.3 Å². The smallest absolute Gasteiger partial charge is 0.401 e. The van der Waals surface area contributed by atoms with E-state index >= 15 is 0 Å². The van der Waals surface area contributed by atoms with Crippen molar-refractivity contribution in [3.8, 4) is 11.3 Å². The van der Waals surface area contributed by atoms with Gasteiger partial charge in [-0.25, -0.2) is 0 Å². The first-order valence-corrected chi connectivity index (χ1v) is 14.1. The number of aliphatic hydroxyl groups excluding tert-OH is 1. The molecule has 0 amide bonds. The topological polar surface area (TPSA) is 50.2 Å². The Morgan fingerprint density at radius 1 is 0.930 bits per heavy atom. The maximum atomic E-state index is 12.4. The average Bonchev–Trinajstić information content (AvgIpc) is 2.86. The molecule has 4 rings (SSSR count). The number of rotatable bonds is 4. The Hall–Kier alpha value is -3.02. The molecule has 3 nitrogen and oxygen atoms in total. The number of pyridine rings is 1. The van der Waals surface area contributed by atoms with Gasteiger partial charge < -0.3 is 5.11 Å². The van der Waals surface area contributed by atoms with Gasteiger partial charge in [-0.3, -0.25) is 9.78 Å². The number of carbonyl (C=O) groups is 1. The van der Waals surface area contributed by atoms with E-state index in [0.717, 1.165) is 36.0 Å². The molecule has 43 heavy (non-hydrogen) atoms. The van der Waals surface area contributed by atoms with Crippen LogP contribution in [0.4, 0.5) is 13.2 Å². The van der Waals surface area contributed by atoms with Gasteiger partial charge in [-0.2, -0.15) is 13.2 Å². The Morgan fingerprint density at radius 3 is 2.07 bits per heavy atom. The van der Waals surface area contributed by atoms with E-state index in [1.165, 1.54) is 33.0 Å². The van der Waals surface area contributed by atoms with Gasteiger partial charge in [0.2, 0.25) is 0 Å². The predicted molar refractivity (Wildman–Crippen MR) is 167 cm³/mol. The van der Waals surface area contributed by atoms with Gasteiger partial charge in [0.25, 0.3) is 0 Å². The summed E-state index contributed by atoms with van der Waals surface area (Å²) in [5, 5.41) is 12.9. The summed E-state index contributed by atoms with van der Waals surface area (Å²) in [5.41, 5.74) is 5.89. The minimum Gasteiger partial charge on any atom is -0.512 e. The van der Waals surface area contributed by atoms with Crippen LogP contribution in [0.2, 0.25) is 0 Å². The van der Waals surface area contributed by atoms with E-state index in [4.69, 9.17) is 4.98 Å². The van der Waals surface area contributed by atoms with Gasteiger partial charge in [0.1, 0.15) is 5.41 Å². The molecule has 233 valence electrons. The number of halogens is 3. The number of allylic oxidation sites excluding steroid dienone is 2. The fraction of sp³-hybridized carbons (Fsp3) is 0.389. The summed E-state index contributed by atoms with van der Waals surface area (Å²) in [6.07, 6.45) is -3.96. The van der Waals surface area contributed by atoms with Crippen LogP contribution in [0, 0.1) is 38.2 Å². The maximum Gasteiger partial charge on any atom is 0.401 e. The van der Waals surface area contributed by atoms with E-state index < -0.39 is 17.4 Å². The fourth-order valence-corrected chi connectivity index (χ4v) is 4.73. The zero-order valence-electron chi connectivity index (χ0n) is 26.5. The molecule has 0 bridgehead atoms. The van der Waals surface area contributed by atoms with Crippen molar-refractivity contribution in [2.45, 2.75) is 80.8 Å². The van der Waals surface area contributed by atoms with Crippen LogP contribution in [-0.4, -0.2) is 22.1 Å². The first kappa shape index (κ1) is 36.2. The minimum atomic E-state index is -4.61. The molecule has 1 radical (unpaired) electrons. The molecule has 0 saturated heterocycles. The number of nitrogens with zero attached hydrogens (tertiary/aromatic N) is 1. The third-order valence-electron chi connectivity index (χ3n) is 7.50. The number of alkyl halides is 3. The molecule has 0 aliphatic heterocycles. The Bertz CT molecular complexity index is 1660. The summed E-state index contributed by atoms with van der Waals surface area (Å²) >= 11 is 0. The number of aliphatic hydroxyl groups is 1. The molecule has 0 fully saturated rings. The molecule has 1 heterocycles. The Morgan fingerprint density at radius 2 is 1.51 bits per heavy atom. The van der Waals surface area contributed by atoms with Crippen LogP contribution in [0.5, 0.6) is 0 Å². The standard InChI is InChI=1S/C26H26N.C10H15F3O2.Ir/c1-16-11-17(2)25-18(3)13-23(27-24(25)12-16)20-14-19-9-7-8-10-21(19)22(15-20)26(4,5)6;1-6(2)7(14)5-8(15)9(3,4)10(11,12)13;/h7-13,15H,1-6H3;5-6,14H,1-4H3;/q-1;;/b;7-5-;. The summed E-state index contributed by atoms with van der Waals surface area (Å²) < 4.78 is 37.2. The first-order chi connectivity index (χ1) is 19.2. The van der Waals surface area contributed by atoms with Crippen LogP contribution in [0.1, 0.15) is 70.7 Å². The van der Waals surface area contributed by atoms with Crippen LogP contribution < -0.4 is 0 Å². The maximum absolute atomic E-state index is 12.4. The van der Waals surface area contributed by atoms with Gasteiger partial charge in [-0.05, 0) is 62.8 Å². The van der Waals surface area contributed by atoms with E-state index in [1.807, 2.05) is 0 Å². The van der Waals surface area contributed by atoms with E-state index in [9.17, 15) is 23.1 Å². The van der Waals surface area contributed by atoms with Crippen molar-refractivity contribution in [3.05, 3.63) is 88.7 Å². The van der Waals surface area contributed by atoms with E-state index in [-0.39, 0.29) is 37.2 Å². The number of fused-ring (bicyclic) bond motifs is 2. The second-order valence-corrected chi connectivity index (χ2v) is 12.9. The van der Waals surface area contributed by atoms with Crippen molar-refractivity contribution >= 4 is 27.5 Å². The van der Waals surface area contributed by atoms with Gasteiger partial charge in [-0.1, -0.05) is 75.9 Å². The van der Waals surface area contributed by atoms with Gasteiger partial charge >= 0.3 is 6.18 Å². The second kappa shape index (κ2) is 13.3. The summed E-state index contributed by atoms with van der Waals surface area (Å²) in [5.74, 6) is -1.84. The number of aryl methyl sites for hydroxylation is 3. The number of ketones is 1. The molecular weight excluding hydrogens is 728 g/mol. The van der Waals surface area contributed by atoms with Crippen LogP contribution in [0.15, 0.2) is 60.4 Å². The molecule has 0 saturated carbocycles. The van der Waals surface area contributed by atoms with Gasteiger partial charge in [-0.15, -0.1) is 29.1 Å². The van der Waals surface area contributed by atoms with Crippen molar-refractivity contribution in [1.82, 2.24) is 4.98 Å². The number of benzene rings is 3. The summed E-state index contributed by atoms with van der Waals surface area (Å²) in [4.78, 5) is 16.3. The summed E-state index contributed by atoms with van der Waals surface area (Å²) in [7, 11) is 0. The molecule has 0 aliphatic rings. The molecule has 4 aromatic rings. The average molecular weight is 769 g/mol. The first-order valence-electron chi connectivity index (χ1n) is 14.1. The molecule has 0 atom stereocenters.